The molecule has 60 valence electrons. The van der Waals surface area contributed by atoms with E-state index in [-0.39, 0.29) is 0 Å². The van der Waals surface area contributed by atoms with Gasteiger partial charge in [-0.15, -0.1) is 0 Å². The number of nitrogens with two attached hydrogens (primary N) is 1. The summed E-state index contributed by atoms with van der Waals surface area (Å²) in [6.07, 6.45) is 0. The number of benzene rings is 1. The molecule has 1 rings (SSSR count). The van der Waals surface area contributed by atoms with Gasteiger partial charge in [0.2, 0.25) is 0 Å². The minimum atomic E-state index is -0.421. The standard InChI is InChI=1S/C7H7BN2O2/c9-4-5-1-2-7(12-8-11)6(10)3-5/h1-3,8,11H,10H2. The van der Waals surface area contributed by atoms with Crippen LogP contribution in [-0.2, 0) is 0 Å². The molecule has 0 aromatic heterocycles. The SMILES string of the molecule is N#Cc1ccc(OBO)c(N)c1. The molecule has 0 unspecified atom stereocenters. The van der Waals surface area contributed by atoms with Crippen LogP contribution in [0.4, 0.5) is 5.69 Å². The van der Waals surface area contributed by atoms with E-state index in [0.29, 0.717) is 17.0 Å². The van der Waals surface area contributed by atoms with Gasteiger partial charge in [-0.25, -0.2) is 0 Å². The van der Waals surface area contributed by atoms with E-state index < -0.39 is 7.69 Å². The average molecular weight is 162 g/mol. The Labute approximate surface area is 70.5 Å². The fraction of sp³-hybridized carbons (Fsp3) is 0. The van der Waals surface area contributed by atoms with Crippen molar-refractivity contribution >= 4 is 13.4 Å². The molecule has 0 atom stereocenters. The highest BCUT2D eigenvalue weighted by atomic mass is 16.5. The van der Waals surface area contributed by atoms with Crippen molar-refractivity contribution in [3.63, 3.8) is 0 Å². The number of anilines is 1. The van der Waals surface area contributed by atoms with Gasteiger partial charge in [0, 0.05) is 0 Å². The van der Waals surface area contributed by atoms with Crippen molar-refractivity contribution in [3.8, 4) is 11.8 Å². The molecule has 0 aliphatic heterocycles. The molecular weight excluding hydrogens is 155 g/mol. The largest absolute Gasteiger partial charge is 0.537 e. The molecule has 0 aliphatic carbocycles. The Kier molecular flexibility index (Phi) is 2.56. The van der Waals surface area contributed by atoms with Crippen molar-refractivity contribution in [2.75, 3.05) is 5.73 Å². The molecule has 0 bridgehead atoms. The number of nitrogens with zero attached hydrogens (tertiary/aromatic N) is 1. The second-order valence-corrected chi connectivity index (χ2v) is 2.14. The van der Waals surface area contributed by atoms with Gasteiger partial charge in [-0.2, -0.15) is 5.26 Å². The molecule has 0 saturated heterocycles. The third-order valence-electron chi connectivity index (χ3n) is 1.36. The van der Waals surface area contributed by atoms with Crippen LogP contribution in [0.1, 0.15) is 5.56 Å². The van der Waals surface area contributed by atoms with Gasteiger partial charge in [-0.3, -0.25) is 0 Å². The number of nitriles is 1. The van der Waals surface area contributed by atoms with E-state index in [0.717, 1.165) is 0 Å². The first kappa shape index (κ1) is 8.43. The number of hydrogen-bond donors (Lipinski definition) is 2. The summed E-state index contributed by atoms with van der Waals surface area (Å²) in [5, 5.41) is 16.9. The predicted molar refractivity (Wildman–Crippen MR) is 45.6 cm³/mol. The van der Waals surface area contributed by atoms with Crippen molar-refractivity contribution in [1.29, 1.82) is 5.26 Å². The molecule has 0 spiro atoms. The van der Waals surface area contributed by atoms with Crippen LogP contribution in [-0.4, -0.2) is 12.7 Å². The monoisotopic (exact) mass is 162 g/mol. The number of rotatable bonds is 2. The van der Waals surface area contributed by atoms with Gasteiger partial charge < -0.3 is 15.4 Å². The summed E-state index contributed by atoms with van der Waals surface area (Å²) in [4.78, 5) is 0. The maximum absolute atomic E-state index is 8.49. The van der Waals surface area contributed by atoms with Gasteiger partial charge in [0.05, 0.1) is 17.3 Å². The summed E-state index contributed by atoms with van der Waals surface area (Å²) in [5.74, 6) is 0.386. The topological polar surface area (TPSA) is 79.3 Å². The Hall–Kier alpha value is -1.67. The highest BCUT2D eigenvalue weighted by Gasteiger charge is 2.00. The molecule has 0 radical (unpaired) electrons. The summed E-state index contributed by atoms with van der Waals surface area (Å²) in [6, 6.07) is 6.55. The first-order chi connectivity index (χ1) is 5.77. The lowest BCUT2D eigenvalue weighted by Gasteiger charge is -2.04. The molecule has 12 heavy (non-hydrogen) atoms. The Balaban J connectivity index is 2.97. The second kappa shape index (κ2) is 3.65. The second-order valence-electron chi connectivity index (χ2n) is 2.14. The lowest BCUT2D eigenvalue weighted by molar-refractivity contribution is 0.455. The van der Waals surface area contributed by atoms with Gasteiger partial charge in [0.15, 0.2) is 0 Å². The van der Waals surface area contributed by atoms with Crippen molar-refractivity contribution in [2.24, 2.45) is 0 Å². The fourth-order valence-corrected chi connectivity index (χ4v) is 0.819. The normalized spacial score (nSPS) is 8.67. The Bertz CT molecular complexity index is 322. The van der Waals surface area contributed by atoms with Crippen molar-refractivity contribution in [2.45, 2.75) is 0 Å². The Morgan fingerprint density at radius 2 is 2.33 bits per heavy atom. The van der Waals surface area contributed by atoms with Gasteiger partial charge in [0.25, 0.3) is 0 Å². The third-order valence-corrected chi connectivity index (χ3v) is 1.36. The van der Waals surface area contributed by atoms with E-state index in [2.05, 4.69) is 0 Å². The lowest BCUT2D eigenvalue weighted by Crippen LogP contribution is -2.02. The van der Waals surface area contributed by atoms with Gasteiger partial charge in [0.1, 0.15) is 5.75 Å². The number of nitrogen functional groups attached to an aromatic ring is 1. The van der Waals surface area contributed by atoms with Crippen LogP contribution in [0.25, 0.3) is 0 Å². The first-order valence-corrected chi connectivity index (χ1v) is 3.31. The molecule has 0 saturated carbocycles. The van der Waals surface area contributed by atoms with E-state index in [9.17, 15) is 0 Å². The summed E-state index contributed by atoms with van der Waals surface area (Å²) in [5.41, 5.74) is 6.32. The van der Waals surface area contributed by atoms with Gasteiger partial charge >= 0.3 is 7.69 Å². The summed E-state index contributed by atoms with van der Waals surface area (Å²) in [6.45, 7) is 0. The summed E-state index contributed by atoms with van der Waals surface area (Å²) >= 11 is 0. The average Bonchev–Trinajstić information content (AvgIpc) is 2.09. The molecule has 0 fully saturated rings. The Morgan fingerprint density at radius 1 is 1.58 bits per heavy atom. The molecule has 4 nitrogen and oxygen atoms in total. The van der Waals surface area contributed by atoms with Crippen LogP contribution in [0.15, 0.2) is 18.2 Å². The van der Waals surface area contributed by atoms with Crippen molar-refractivity contribution < 1.29 is 9.68 Å². The molecule has 0 heterocycles. The van der Waals surface area contributed by atoms with Crippen molar-refractivity contribution in [3.05, 3.63) is 23.8 Å². The maximum Gasteiger partial charge on any atom is 0.504 e. The van der Waals surface area contributed by atoms with Crippen molar-refractivity contribution in [1.82, 2.24) is 0 Å². The van der Waals surface area contributed by atoms with Crippen LogP contribution in [0, 0.1) is 11.3 Å². The Morgan fingerprint density at radius 3 is 2.83 bits per heavy atom. The molecule has 1 aromatic rings. The molecule has 0 amide bonds. The maximum atomic E-state index is 8.49. The first-order valence-electron chi connectivity index (χ1n) is 3.31. The lowest BCUT2D eigenvalue weighted by atomic mass is 10.2. The van der Waals surface area contributed by atoms with Gasteiger partial charge in [-0.1, -0.05) is 0 Å². The quantitative estimate of drug-likeness (QED) is 0.465. The van der Waals surface area contributed by atoms with Crippen LogP contribution in [0.3, 0.4) is 0 Å². The highest BCUT2D eigenvalue weighted by Crippen LogP contribution is 2.21. The molecule has 1 aromatic carbocycles. The molecule has 3 N–H and O–H groups in total. The van der Waals surface area contributed by atoms with E-state index in [1.54, 1.807) is 12.1 Å². The zero-order valence-electron chi connectivity index (χ0n) is 6.32. The van der Waals surface area contributed by atoms with Gasteiger partial charge in [-0.05, 0) is 18.2 Å². The number of hydrogen-bond acceptors (Lipinski definition) is 4. The van der Waals surface area contributed by atoms with E-state index in [1.165, 1.54) is 6.07 Å². The zero-order valence-corrected chi connectivity index (χ0v) is 6.32. The predicted octanol–water partition coefficient (Wildman–Crippen LogP) is -0.222. The minimum absolute atomic E-state index is 0.350. The van der Waals surface area contributed by atoms with Crippen LogP contribution in [0.5, 0.6) is 5.75 Å². The molecule has 0 aliphatic rings. The minimum Gasteiger partial charge on any atom is -0.537 e. The molecule has 5 heteroatoms. The zero-order chi connectivity index (χ0) is 8.97. The highest BCUT2D eigenvalue weighted by molar-refractivity contribution is 6.17. The van der Waals surface area contributed by atoms with Crippen LogP contribution >= 0.6 is 0 Å². The smallest absolute Gasteiger partial charge is 0.504 e. The van der Waals surface area contributed by atoms with Crippen LogP contribution < -0.4 is 10.4 Å². The summed E-state index contributed by atoms with van der Waals surface area (Å²) in [7, 11) is -0.421. The fourth-order valence-electron chi connectivity index (χ4n) is 0.819. The van der Waals surface area contributed by atoms with E-state index in [4.69, 9.17) is 20.7 Å². The summed E-state index contributed by atoms with van der Waals surface area (Å²) < 4.78 is 4.76. The van der Waals surface area contributed by atoms with E-state index >= 15 is 0 Å². The third kappa shape index (κ3) is 1.68. The van der Waals surface area contributed by atoms with Crippen LogP contribution in [0.2, 0.25) is 0 Å². The molecular formula is C7H7BN2O2. The van der Waals surface area contributed by atoms with E-state index in [1.807, 2.05) is 6.07 Å².